The highest BCUT2D eigenvalue weighted by molar-refractivity contribution is 9.13. The van der Waals surface area contributed by atoms with E-state index in [2.05, 4.69) is 36.6 Å². The number of ether oxygens (including phenoxy) is 1. The molecule has 1 nitrogen and oxygen atoms in total. The van der Waals surface area contributed by atoms with Crippen LogP contribution in [-0.4, -0.2) is 6.86 Å². The Hall–Kier alpha value is -0.230. The van der Waals surface area contributed by atoms with Crippen molar-refractivity contribution in [3.05, 3.63) is 26.6 Å². The van der Waals surface area contributed by atoms with E-state index in [4.69, 9.17) is 0 Å². The van der Waals surface area contributed by atoms with Crippen molar-refractivity contribution in [1.82, 2.24) is 0 Å². The molecule has 0 unspecified atom stereocenters. The van der Waals surface area contributed by atoms with Gasteiger partial charge in [0.15, 0.2) is 11.6 Å². The lowest BCUT2D eigenvalue weighted by Crippen LogP contribution is -1.97. The highest BCUT2D eigenvalue weighted by atomic mass is 79.9. The largest absolute Gasteiger partial charge is 0.458 e. The summed E-state index contributed by atoms with van der Waals surface area (Å²) >= 11 is 5.87. The molecule has 0 radical (unpaired) electrons. The second-order valence-electron chi connectivity index (χ2n) is 2.05. The number of halogens is 5. The van der Waals surface area contributed by atoms with E-state index in [-0.39, 0.29) is 8.95 Å². The van der Waals surface area contributed by atoms with E-state index in [9.17, 15) is 13.2 Å². The molecular weight excluding hydrogens is 317 g/mol. The molecular formula is C7H3Br2F3O. The minimum absolute atomic E-state index is 0.143. The molecule has 1 aromatic rings. The maximum atomic E-state index is 12.9. The SMILES string of the molecule is FCOc1c(F)c(F)cc(Br)c1Br. The summed E-state index contributed by atoms with van der Waals surface area (Å²) in [6, 6.07) is 0.921. The molecule has 13 heavy (non-hydrogen) atoms. The molecule has 0 aliphatic heterocycles. The quantitative estimate of drug-likeness (QED) is 0.753. The van der Waals surface area contributed by atoms with Gasteiger partial charge in [0.25, 0.3) is 0 Å². The van der Waals surface area contributed by atoms with Gasteiger partial charge in [-0.25, -0.2) is 8.78 Å². The van der Waals surface area contributed by atoms with E-state index >= 15 is 0 Å². The predicted molar refractivity (Wildman–Crippen MR) is 48.4 cm³/mol. The molecule has 72 valence electrons. The van der Waals surface area contributed by atoms with Gasteiger partial charge in [0.1, 0.15) is 0 Å². The smallest absolute Gasteiger partial charge is 0.228 e. The van der Waals surface area contributed by atoms with Crippen LogP contribution in [0.3, 0.4) is 0 Å². The summed E-state index contributed by atoms with van der Waals surface area (Å²) in [5, 5.41) is 0. The second-order valence-corrected chi connectivity index (χ2v) is 3.70. The Morgan fingerprint density at radius 2 is 1.92 bits per heavy atom. The lowest BCUT2D eigenvalue weighted by molar-refractivity contribution is 0.181. The van der Waals surface area contributed by atoms with Gasteiger partial charge in [0.2, 0.25) is 12.7 Å². The minimum Gasteiger partial charge on any atom is -0.458 e. The van der Waals surface area contributed by atoms with E-state index in [1.54, 1.807) is 0 Å². The van der Waals surface area contributed by atoms with Crippen LogP contribution in [0.25, 0.3) is 0 Å². The summed E-state index contributed by atoms with van der Waals surface area (Å²) in [5.74, 6) is -2.79. The fourth-order valence-corrected chi connectivity index (χ4v) is 1.52. The Labute approximate surface area is 89.1 Å². The summed E-state index contributed by atoms with van der Waals surface area (Å²) in [4.78, 5) is 0. The molecule has 0 spiro atoms. The zero-order valence-corrected chi connectivity index (χ0v) is 9.25. The van der Waals surface area contributed by atoms with Crippen LogP contribution in [-0.2, 0) is 0 Å². The molecule has 0 heterocycles. The van der Waals surface area contributed by atoms with Crippen molar-refractivity contribution >= 4 is 31.9 Å². The molecule has 0 aliphatic carbocycles. The molecule has 6 heteroatoms. The monoisotopic (exact) mass is 318 g/mol. The third-order valence-corrected chi connectivity index (χ3v) is 3.22. The summed E-state index contributed by atoms with van der Waals surface area (Å²) in [6.07, 6.45) is 0. The molecule has 1 rings (SSSR count). The molecule has 0 saturated heterocycles. The van der Waals surface area contributed by atoms with Gasteiger partial charge in [-0.3, -0.25) is 0 Å². The molecule has 0 bridgehead atoms. The number of rotatable bonds is 2. The Morgan fingerprint density at radius 1 is 1.31 bits per heavy atom. The lowest BCUT2D eigenvalue weighted by atomic mass is 10.3. The predicted octanol–water partition coefficient (Wildman–Crippen LogP) is 3.80. The fourth-order valence-electron chi connectivity index (χ4n) is 0.733. The van der Waals surface area contributed by atoms with Crippen LogP contribution in [0.2, 0.25) is 0 Å². The van der Waals surface area contributed by atoms with Crippen LogP contribution in [0.4, 0.5) is 13.2 Å². The Balaban J connectivity index is 3.28. The van der Waals surface area contributed by atoms with Crippen LogP contribution >= 0.6 is 31.9 Å². The van der Waals surface area contributed by atoms with Crippen molar-refractivity contribution < 1.29 is 17.9 Å². The molecule has 0 N–H and O–H groups in total. The van der Waals surface area contributed by atoms with Crippen LogP contribution in [0, 0.1) is 11.6 Å². The van der Waals surface area contributed by atoms with Crippen molar-refractivity contribution in [2.75, 3.05) is 6.86 Å². The van der Waals surface area contributed by atoms with Crippen LogP contribution < -0.4 is 4.74 Å². The topological polar surface area (TPSA) is 9.23 Å². The Kier molecular flexibility index (Phi) is 3.61. The van der Waals surface area contributed by atoms with E-state index in [0.717, 1.165) is 6.07 Å². The van der Waals surface area contributed by atoms with Gasteiger partial charge < -0.3 is 4.74 Å². The van der Waals surface area contributed by atoms with Crippen molar-refractivity contribution in [3.63, 3.8) is 0 Å². The maximum absolute atomic E-state index is 12.9. The van der Waals surface area contributed by atoms with Crippen LogP contribution in [0.15, 0.2) is 15.0 Å². The van der Waals surface area contributed by atoms with Gasteiger partial charge in [0.05, 0.1) is 4.47 Å². The third kappa shape index (κ3) is 2.17. The number of benzene rings is 1. The van der Waals surface area contributed by atoms with E-state index in [1.807, 2.05) is 0 Å². The Morgan fingerprint density at radius 3 is 2.46 bits per heavy atom. The van der Waals surface area contributed by atoms with Gasteiger partial charge in [-0.2, -0.15) is 4.39 Å². The molecule has 0 fully saturated rings. The van der Waals surface area contributed by atoms with Crippen molar-refractivity contribution in [1.29, 1.82) is 0 Å². The van der Waals surface area contributed by atoms with E-state index in [1.165, 1.54) is 0 Å². The maximum Gasteiger partial charge on any atom is 0.228 e. The molecule has 0 saturated carbocycles. The molecule has 1 aromatic carbocycles. The standard InChI is InChI=1S/C7H3Br2F3O/c8-3-1-4(11)6(12)7(5(3)9)13-2-10/h1H,2H2. The summed E-state index contributed by atoms with van der Waals surface area (Å²) in [7, 11) is 0. The number of alkyl halides is 1. The minimum atomic E-state index is -1.22. The first-order chi connectivity index (χ1) is 6.07. The highest BCUT2D eigenvalue weighted by Gasteiger charge is 2.16. The fraction of sp³-hybridized carbons (Fsp3) is 0.143. The first-order valence-corrected chi connectivity index (χ1v) is 4.68. The molecule has 0 amide bonds. The van der Waals surface area contributed by atoms with Gasteiger partial charge in [-0.05, 0) is 37.9 Å². The molecule has 0 aromatic heterocycles. The van der Waals surface area contributed by atoms with Crippen molar-refractivity contribution in [3.8, 4) is 5.75 Å². The number of hydrogen-bond acceptors (Lipinski definition) is 1. The third-order valence-electron chi connectivity index (χ3n) is 1.27. The summed E-state index contributed by atoms with van der Waals surface area (Å²) < 4.78 is 42.1. The first kappa shape index (κ1) is 10.8. The first-order valence-electron chi connectivity index (χ1n) is 3.09. The van der Waals surface area contributed by atoms with Crippen molar-refractivity contribution in [2.45, 2.75) is 0 Å². The average molecular weight is 320 g/mol. The van der Waals surface area contributed by atoms with Crippen LogP contribution in [0.5, 0.6) is 5.75 Å². The second kappa shape index (κ2) is 4.32. The summed E-state index contributed by atoms with van der Waals surface area (Å²) in [5.41, 5.74) is 0. The zero-order chi connectivity index (χ0) is 10.0. The van der Waals surface area contributed by atoms with E-state index in [0.29, 0.717) is 0 Å². The van der Waals surface area contributed by atoms with Gasteiger partial charge in [0, 0.05) is 4.47 Å². The Bertz CT molecular complexity index is 304. The lowest BCUT2D eigenvalue weighted by Gasteiger charge is -2.07. The zero-order valence-electron chi connectivity index (χ0n) is 6.08. The average Bonchev–Trinajstić information content (AvgIpc) is 2.09. The highest BCUT2D eigenvalue weighted by Crippen LogP contribution is 2.36. The molecule has 0 aliphatic rings. The van der Waals surface area contributed by atoms with Crippen LogP contribution in [0.1, 0.15) is 0 Å². The summed E-state index contributed by atoms with van der Waals surface area (Å²) in [6.45, 7) is -1.22. The van der Waals surface area contributed by atoms with Gasteiger partial charge in [-0.1, -0.05) is 0 Å². The van der Waals surface area contributed by atoms with E-state index < -0.39 is 24.2 Å². The number of hydrogen-bond donors (Lipinski definition) is 0. The van der Waals surface area contributed by atoms with Crippen molar-refractivity contribution in [2.24, 2.45) is 0 Å². The van der Waals surface area contributed by atoms with Gasteiger partial charge in [-0.15, -0.1) is 0 Å². The van der Waals surface area contributed by atoms with Gasteiger partial charge >= 0.3 is 0 Å². The molecule has 0 atom stereocenters. The normalized spacial score (nSPS) is 10.2.